The molecule has 0 spiro atoms. The van der Waals surface area contributed by atoms with Crippen molar-refractivity contribution in [1.82, 2.24) is 9.78 Å². The highest BCUT2D eigenvalue weighted by Crippen LogP contribution is 2.22. The molecular formula is C9H7ClN2O2. The third-order valence-corrected chi connectivity index (χ3v) is 2.27. The highest BCUT2D eigenvalue weighted by atomic mass is 35.5. The topological polar surface area (TPSA) is 55.1 Å². The highest BCUT2D eigenvalue weighted by Gasteiger charge is 2.10. The Bertz CT molecular complexity index is 493. The van der Waals surface area contributed by atoms with Crippen molar-refractivity contribution < 1.29 is 9.90 Å². The first-order valence-corrected chi connectivity index (χ1v) is 4.39. The zero-order valence-corrected chi connectivity index (χ0v) is 7.90. The second-order valence-electron chi connectivity index (χ2n) is 2.86. The number of fused-ring (bicyclic) bond motifs is 1. The van der Waals surface area contributed by atoms with Crippen molar-refractivity contribution in [3.8, 4) is 0 Å². The number of rotatable bonds is 2. The lowest BCUT2D eigenvalue weighted by Crippen LogP contribution is -2.09. The zero-order valence-electron chi connectivity index (χ0n) is 7.14. The van der Waals surface area contributed by atoms with Crippen LogP contribution < -0.4 is 0 Å². The zero-order chi connectivity index (χ0) is 10.1. The van der Waals surface area contributed by atoms with Crippen molar-refractivity contribution in [2.45, 2.75) is 6.54 Å². The Morgan fingerprint density at radius 2 is 2.21 bits per heavy atom. The summed E-state index contributed by atoms with van der Waals surface area (Å²) in [5.74, 6) is -0.959. The molecule has 0 aliphatic heterocycles. The number of aromatic nitrogens is 2. The number of carboxylic acid groups (broad SMARTS) is 1. The molecule has 4 nitrogen and oxygen atoms in total. The van der Waals surface area contributed by atoms with E-state index < -0.39 is 5.97 Å². The standard InChI is InChI=1S/C9H7ClN2O2/c10-9-6-3-1-2-4-7(6)11-12(9)5-8(13)14/h1-4H,5H2,(H,13,14). The quantitative estimate of drug-likeness (QED) is 0.822. The molecular weight excluding hydrogens is 204 g/mol. The van der Waals surface area contributed by atoms with E-state index >= 15 is 0 Å². The molecule has 0 unspecified atom stereocenters. The van der Waals surface area contributed by atoms with E-state index in [1.807, 2.05) is 18.2 Å². The first-order chi connectivity index (χ1) is 6.68. The molecule has 1 N–H and O–H groups in total. The fraction of sp³-hybridized carbons (Fsp3) is 0.111. The van der Waals surface area contributed by atoms with Gasteiger partial charge in [0.25, 0.3) is 0 Å². The summed E-state index contributed by atoms with van der Waals surface area (Å²) in [6.45, 7) is -0.215. The summed E-state index contributed by atoms with van der Waals surface area (Å²) >= 11 is 5.94. The molecule has 5 heteroatoms. The Morgan fingerprint density at radius 1 is 1.50 bits per heavy atom. The largest absolute Gasteiger partial charge is 0.480 e. The number of carboxylic acids is 1. The maximum absolute atomic E-state index is 10.5. The molecule has 0 aliphatic rings. The van der Waals surface area contributed by atoms with Gasteiger partial charge in [-0.2, -0.15) is 5.10 Å². The molecule has 14 heavy (non-hydrogen) atoms. The molecule has 0 saturated carbocycles. The van der Waals surface area contributed by atoms with E-state index in [0.29, 0.717) is 10.7 Å². The van der Waals surface area contributed by atoms with Gasteiger partial charge in [0, 0.05) is 5.39 Å². The maximum atomic E-state index is 10.5. The number of benzene rings is 1. The summed E-state index contributed by atoms with van der Waals surface area (Å²) in [5.41, 5.74) is 0.707. The third-order valence-electron chi connectivity index (χ3n) is 1.87. The summed E-state index contributed by atoms with van der Waals surface area (Å²) < 4.78 is 1.27. The van der Waals surface area contributed by atoms with E-state index in [9.17, 15) is 4.79 Å². The Kier molecular flexibility index (Phi) is 2.13. The second kappa shape index (κ2) is 3.31. The first-order valence-electron chi connectivity index (χ1n) is 4.01. The van der Waals surface area contributed by atoms with Gasteiger partial charge in [0.15, 0.2) is 0 Å². The van der Waals surface area contributed by atoms with Crippen molar-refractivity contribution in [3.05, 3.63) is 29.4 Å². The van der Waals surface area contributed by atoms with Crippen molar-refractivity contribution in [2.75, 3.05) is 0 Å². The molecule has 0 radical (unpaired) electrons. The van der Waals surface area contributed by atoms with E-state index in [0.717, 1.165) is 5.39 Å². The Labute approximate surface area is 84.7 Å². The minimum Gasteiger partial charge on any atom is -0.480 e. The Morgan fingerprint density at radius 3 is 2.86 bits per heavy atom. The van der Waals surface area contributed by atoms with Gasteiger partial charge in [-0.25, -0.2) is 4.68 Å². The highest BCUT2D eigenvalue weighted by molar-refractivity contribution is 6.34. The number of hydrogen-bond donors (Lipinski definition) is 1. The van der Waals surface area contributed by atoms with Gasteiger partial charge in [-0.1, -0.05) is 23.7 Å². The van der Waals surface area contributed by atoms with Crippen molar-refractivity contribution in [1.29, 1.82) is 0 Å². The number of aliphatic carboxylic acids is 1. The number of halogens is 1. The van der Waals surface area contributed by atoms with Gasteiger partial charge in [0.2, 0.25) is 0 Å². The van der Waals surface area contributed by atoms with Crippen LogP contribution in [0, 0.1) is 0 Å². The number of carbonyl (C=O) groups is 1. The van der Waals surface area contributed by atoms with Gasteiger partial charge in [0.05, 0.1) is 5.52 Å². The molecule has 1 heterocycles. The summed E-state index contributed by atoms with van der Waals surface area (Å²) in [5, 5.41) is 13.8. The van der Waals surface area contributed by atoms with Gasteiger partial charge in [0.1, 0.15) is 11.7 Å². The predicted molar refractivity (Wildman–Crippen MR) is 52.4 cm³/mol. The summed E-state index contributed by atoms with van der Waals surface area (Å²) in [7, 11) is 0. The van der Waals surface area contributed by atoms with E-state index in [4.69, 9.17) is 16.7 Å². The SMILES string of the molecule is O=C(O)Cn1nc2ccccc2c1Cl. The van der Waals surface area contributed by atoms with Gasteiger partial charge in [-0.15, -0.1) is 0 Å². The lowest BCUT2D eigenvalue weighted by Gasteiger charge is -1.96. The molecule has 72 valence electrons. The average molecular weight is 211 g/mol. The van der Waals surface area contributed by atoms with E-state index in [2.05, 4.69) is 5.10 Å². The summed E-state index contributed by atoms with van der Waals surface area (Å²) in [6, 6.07) is 7.26. The van der Waals surface area contributed by atoms with Gasteiger partial charge in [-0.3, -0.25) is 4.79 Å². The Balaban J connectivity index is 2.57. The molecule has 0 saturated heterocycles. The smallest absolute Gasteiger partial charge is 0.325 e. The van der Waals surface area contributed by atoms with E-state index in [1.54, 1.807) is 6.07 Å². The average Bonchev–Trinajstić information content (AvgIpc) is 2.44. The molecule has 1 aromatic carbocycles. The molecule has 0 fully saturated rings. The van der Waals surface area contributed by atoms with Crippen LogP contribution in [0.25, 0.3) is 10.9 Å². The van der Waals surface area contributed by atoms with Crippen LogP contribution in [0.2, 0.25) is 5.15 Å². The van der Waals surface area contributed by atoms with Crippen LogP contribution in [0.1, 0.15) is 0 Å². The van der Waals surface area contributed by atoms with Gasteiger partial charge >= 0.3 is 5.97 Å². The second-order valence-corrected chi connectivity index (χ2v) is 3.22. The van der Waals surface area contributed by atoms with Crippen LogP contribution in [0.5, 0.6) is 0 Å². The lowest BCUT2D eigenvalue weighted by molar-refractivity contribution is -0.137. The molecule has 0 aliphatic carbocycles. The van der Waals surface area contributed by atoms with Crippen LogP contribution in [0.15, 0.2) is 24.3 Å². The van der Waals surface area contributed by atoms with Crippen molar-refractivity contribution in [2.24, 2.45) is 0 Å². The molecule has 2 aromatic rings. The fourth-order valence-electron chi connectivity index (χ4n) is 1.28. The molecule has 0 bridgehead atoms. The third kappa shape index (κ3) is 1.44. The van der Waals surface area contributed by atoms with Crippen LogP contribution in [0.3, 0.4) is 0 Å². The van der Waals surface area contributed by atoms with Crippen LogP contribution in [-0.2, 0) is 11.3 Å². The van der Waals surface area contributed by atoms with E-state index in [-0.39, 0.29) is 6.54 Å². The maximum Gasteiger partial charge on any atom is 0.325 e. The number of nitrogens with zero attached hydrogens (tertiary/aromatic N) is 2. The summed E-state index contributed by atoms with van der Waals surface area (Å²) in [4.78, 5) is 10.5. The number of hydrogen-bond acceptors (Lipinski definition) is 2. The van der Waals surface area contributed by atoms with Gasteiger partial charge in [-0.05, 0) is 12.1 Å². The van der Waals surface area contributed by atoms with Crippen LogP contribution >= 0.6 is 11.6 Å². The lowest BCUT2D eigenvalue weighted by atomic mass is 10.3. The summed E-state index contributed by atoms with van der Waals surface area (Å²) in [6.07, 6.45) is 0. The van der Waals surface area contributed by atoms with Gasteiger partial charge < -0.3 is 5.11 Å². The first kappa shape index (κ1) is 9.02. The molecule has 1 aromatic heterocycles. The van der Waals surface area contributed by atoms with Crippen molar-refractivity contribution >= 4 is 28.5 Å². The molecule has 0 amide bonds. The normalized spacial score (nSPS) is 10.6. The minimum absolute atomic E-state index is 0.215. The Hall–Kier alpha value is -1.55. The fourth-order valence-corrected chi connectivity index (χ4v) is 1.54. The van der Waals surface area contributed by atoms with Crippen LogP contribution in [0.4, 0.5) is 0 Å². The predicted octanol–water partition coefficient (Wildman–Crippen LogP) is 1.77. The van der Waals surface area contributed by atoms with E-state index in [1.165, 1.54) is 4.68 Å². The molecule has 2 rings (SSSR count). The monoisotopic (exact) mass is 210 g/mol. The molecule has 0 atom stereocenters. The minimum atomic E-state index is -0.959. The van der Waals surface area contributed by atoms with Crippen molar-refractivity contribution in [3.63, 3.8) is 0 Å². The van der Waals surface area contributed by atoms with Crippen LogP contribution in [-0.4, -0.2) is 20.9 Å².